The van der Waals surface area contributed by atoms with Gasteiger partial charge in [-0.3, -0.25) is 23.7 Å². The molecule has 2 aliphatic heterocycles. The molecular weight excluding hydrogens is 554 g/mol. The predicted octanol–water partition coefficient (Wildman–Crippen LogP) is 1.40. The van der Waals surface area contributed by atoms with Crippen molar-refractivity contribution in [1.82, 2.24) is 44.2 Å². The number of hydrogen-bond donors (Lipinski definition) is 2. The van der Waals surface area contributed by atoms with Crippen LogP contribution in [0.15, 0.2) is 30.6 Å². The summed E-state index contributed by atoms with van der Waals surface area (Å²) >= 11 is 0. The van der Waals surface area contributed by atoms with Gasteiger partial charge in [0, 0.05) is 60.3 Å². The number of imidazole rings is 1. The molecule has 1 aromatic carbocycles. The fourth-order valence-electron chi connectivity index (χ4n) is 5.05. The number of carboxylic acids is 1. The molecule has 2 fully saturated rings. The summed E-state index contributed by atoms with van der Waals surface area (Å²) in [4.78, 5) is 55.9. The Labute approximate surface area is 247 Å². The Bertz CT molecular complexity index is 1710. The van der Waals surface area contributed by atoms with Crippen LogP contribution in [0.1, 0.15) is 65.9 Å². The Morgan fingerprint density at radius 3 is 1.95 bits per heavy atom. The number of hydrogen-bond acceptors (Lipinski definition) is 7. The molecule has 2 N–H and O–H groups in total. The minimum absolute atomic E-state index is 0.0492. The summed E-state index contributed by atoms with van der Waals surface area (Å²) < 4.78 is 4.71. The largest absolute Gasteiger partial charge is 0.477 e. The van der Waals surface area contributed by atoms with Gasteiger partial charge in [-0.1, -0.05) is 6.07 Å². The fraction of sp³-hybridized carbons (Fsp3) is 0.414. The lowest BCUT2D eigenvalue weighted by molar-refractivity contribution is 0.0621. The second-order valence-corrected chi connectivity index (χ2v) is 10.7. The van der Waals surface area contributed by atoms with Crippen LogP contribution in [0.2, 0.25) is 0 Å². The summed E-state index contributed by atoms with van der Waals surface area (Å²) in [7, 11) is 5.17. The highest BCUT2D eigenvalue weighted by molar-refractivity contribution is 6.06. The van der Waals surface area contributed by atoms with E-state index in [1.807, 2.05) is 18.5 Å². The minimum atomic E-state index is -1.13. The number of rotatable bonds is 7. The lowest BCUT2D eigenvalue weighted by atomic mass is 10.1. The number of likely N-dealkylation sites (tertiary alicyclic amines) is 2. The van der Waals surface area contributed by atoms with Crippen LogP contribution >= 0.6 is 0 Å². The predicted molar refractivity (Wildman–Crippen MR) is 156 cm³/mol. The smallest absolute Gasteiger partial charge is 0.354 e. The van der Waals surface area contributed by atoms with Gasteiger partial charge in [0.25, 0.3) is 17.7 Å². The van der Waals surface area contributed by atoms with Gasteiger partial charge in [-0.05, 0) is 37.5 Å². The highest BCUT2D eigenvalue weighted by Crippen LogP contribution is 2.18. The number of fused-ring (bicyclic) bond motifs is 1. The zero-order chi connectivity index (χ0) is 30.8. The monoisotopic (exact) mass is 589 g/mol. The molecule has 0 spiro atoms. The van der Waals surface area contributed by atoms with Crippen molar-refractivity contribution in [2.24, 2.45) is 21.1 Å². The number of nitrogens with zero attached hydrogens (tertiary/aromatic N) is 8. The van der Waals surface area contributed by atoms with Gasteiger partial charge in [0.2, 0.25) is 0 Å². The Morgan fingerprint density at radius 1 is 0.860 bits per heavy atom. The molecule has 14 nitrogen and oxygen atoms in total. The quantitative estimate of drug-likeness (QED) is 0.327. The van der Waals surface area contributed by atoms with Crippen molar-refractivity contribution in [3.63, 3.8) is 0 Å². The SMILES string of the molecule is Cc1ccc2c(c1)nc(CCNC(=O)c1c(C(=O)N3CCC3)cnn1C)n2C.Cn1ncc(C(=O)N2CCC2)c1C(=O)O. The van der Waals surface area contributed by atoms with E-state index in [1.165, 1.54) is 34.4 Å². The summed E-state index contributed by atoms with van der Waals surface area (Å²) in [5, 5.41) is 19.7. The van der Waals surface area contributed by atoms with Crippen molar-refractivity contribution in [3.8, 4) is 0 Å². The molecule has 2 saturated heterocycles. The van der Waals surface area contributed by atoms with E-state index in [2.05, 4.69) is 38.7 Å². The van der Waals surface area contributed by atoms with Gasteiger partial charge in [0.1, 0.15) is 11.5 Å². The zero-order valence-electron chi connectivity index (χ0n) is 24.7. The van der Waals surface area contributed by atoms with Gasteiger partial charge in [-0.2, -0.15) is 10.2 Å². The molecule has 2 aliphatic rings. The second-order valence-electron chi connectivity index (χ2n) is 10.7. The first-order valence-corrected chi connectivity index (χ1v) is 14.1. The number of benzene rings is 1. The zero-order valence-corrected chi connectivity index (χ0v) is 24.7. The van der Waals surface area contributed by atoms with Gasteiger partial charge in [-0.25, -0.2) is 9.78 Å². The van der Waals surface area contributed by atoms with Crippen molar-refractivity contribution in [2.75, 3.05) is 32.7 Å². The van der Waals surface area contributed by atoms with Crippen molar-refractivity contribution < 1.29 is 24.3 Å². The molecule has 0 bridgehead atoms. The molecule has 6 rings (SSSR count). The van der Waals surface area contributed by atoms with E-state index in [9.17, 15) is 19.2 Å². The van der Waals surface area contributed by atoms with Gasteiger partial charge < -0.3 is 24.8 Å². The van der Waals surface area contributed by atoms with E-state index in [0.29, 0.717) is 37.3 Å². The third-order valence-electron chi connectivity index (χ3n) is 7.81. The summed E-state index contributed by atoms with van der Waals surface area (Å²) in [6.45, 7) is 5.35. The van der Waals surface area contributed by atoms with Gasteiger partial charge in [-0.15, -0.1) is 0 Å². The maximum absolute atomic E-state index is 12.7. The van der Waals surface area contributed by atoms with Crippen molar-refractivity contribution in [3.05, 3.63) is 64.5 Å². The number of nitrogens with one attached hydrogen (secondary N) is 1. The van der Waals surface area contributed by atoms with E-state index in [4.69, 9.17) is 5.11 Å². The lowest BCUT2D eigenvalue weighted by Gasteiger charge is -2.30. The van der Waals surface area contributed by atoms with Crippen LogP contribution in [0, 0.1) is 6.92 Å². The summed E-state index contributed by atoms with van der Waals surface area (Å²) in [5.74, 6) is -0.887. The number of aromatic carboxylic acids is 1. The maximum atomic E-state index is 12.7. The van der Waals surface area contributed by atoms with Gasteiger partial charge in [0.15, 0.2) is 5.69 Å². The van der Waals surface area contributed by atoms with Crippen molar-refractivity contribution >= 4 is 34.7 Å². The molecule has 3 aromatic heterocycles. The van der Waals surface area contributed by atoms with Crippen LogP contribution in [-0.2, 0) is 27.6 Å². The van der Waals surface area contributed by atoms with Crippen molar-refractivity contribution in [1.29, 1.82) is 0 Å². The first-order chi connectivity index (χ1) is 20.6. The van der Waals surface area contributed by atoms with Crippen molar-refractivity contribution in [2.45, 2.75) is 26.2 Å². The van der Waals surface area contributed by atoms with Crippen LogP contribution in [0.3, 0.4) is 0 Å². The molecule has 226 valence electrons. The van der Waals surface area contributed by atoms with Crippen LogP contribution in [0.4, 0.5) is 0 Å². The highest BCUT2D eigenvalue weighted by Gasteiger charge is 2.29. The number of amides is 3. The Hall–Kier alpha value is -5.01. The van der Waals surface area contributed by atoms with E-state index in [0.717, 1.165) is 42.8 Å². The number of carbonyl (C=O) groups is 4. The molecule has 0 saturated carbocycles. The van der Waals surface area contributed by atoms with E-state index < -0.39 is 5.97 Å². The first kappa shape index (κ1) is 29.5. The highest BCUT2D eigenvalue weighted by atomic mass is 16.4. The van der Waals surface area contributed by atoms with Crippen LogP contribution in [0.5, 0.6) is 0 Å². The van der Waals surface area contributed by atoms with E-state index in [-0.39, 0.29) is 29.0 Å². The standard InChI is InChI=1S/C20H24N6O2.C9H11N3O3/c1-13-5-6-16-15(11-13)23-17(24(16)2)7-8-21-19(27)18-14(12-22-25(18)3)20(28)26-9-4-10-26;1-11-7(9(14)15)6(5-10-11)8(13)12-3-2-4-12/h5-6,11-12H,4,7-10H2,1-3H3,(H,21,27);5H,2-4H2,1H3,(H,14,15). The topological polar surface area (TPSA) is 160 Å². The molecule has 0 aliphatic carbocycles. The Morgan fingerprint density at radius 2 is 1.42 bits per heavy atom. The molecule has 3 amide bonds. The average molecular weight is 590 g/mol. The minimum Gasteiger partial charge on any atom is -0.477 e. The van der Waals surface area contributed by atoms with E-state index >= 15 is 0 Å². The molecule has 0 unspecified atom stereocenters. The third kappa shape index (κ3) is 5.85. The van der Waals surface area contributed by atoms with Crippen LogP contribution in [0.25, 0.3) is 11.0 Å². The number of carboxylic acid groups (broad SMARTS) is 1. The summed E-state index contributed by atoms with van der Waals surface area (Å²) in [6, 6.07) is 6.18. The lowest BCUT2D eigenvalue weighted by Crippen LogP contribution is -2.43. The maximum Gasteiger partial charge on any atom is 0.354 e. The number of carbonyl (C=O) groups excluding carboxylic acids is 3. The molecule has 43 heavy (non-hydrogen) atoms. The van der Waals surface area contributed by atoms with Gasteiger partial charge in [0.05, 0.1) is 34.6 Å². The molecule has 0 atom stereocenters. The van der Waals surface area contributed by atoms with E-state index in [1.54, 1.807) is 16.8 Å². The average Bonchev–Trinajstić information content (AvgIpc) is 3.57. The summed E-state index contributed by atoms with van der Waals surface area (Å²) in [5.41, 5.74) is 3.98. The fourth-order valence-corrected chi connectivity index (χ4v) is 5.05. The Kier molecular flexibility index (Phi) is 8.28. The number of aromatic nitrogens is 6. The molecular formula is C29H35N9O5. The van der Waals surface area contributed by atoms with Gasteiger partial charge >= 0.3 is 5.97 Å². The van der Waals surface area contributed by atoms with Crippen LogP contribution in [-0.4, -0.2) is 100 Å². The normalized spacial score (nSPS) is 14.0. The summed E-state index contributed by atoms with van der Waals surface area (Å²) in [6.07, 6.45) is 5.37. The first-order valence-electron chi connectivity index (χ1n) is 14.1. The Balaban J connectivity index is 0.000000207. The molecule has 0 radical (unpaired) electrons. The third-order valence-corrected chi connectivity index (χ3v) is 7.81. The second kappa shape index (κ2) is 12.1. The number of aryl methyl sites for hydroxylation is 4. The molecule has 14 heteroatoms. The molecule has 4 aromatic rings. The molecule has 5 heterocycles. The van der Waals surface area contributed by atoms with Crippen LogP contribution < -0.4 is 5.32 Å².